The third kappa shape index (κ3) is 2.69. The van der Waals surface area contributed by atoms with Crippen LogP contribution in [0.1, 0.15) is 0 Å². The molecule has 2 N–H and O–H groups in total. The number of ether oxygens (including phenoxy) is 1. The molecule has 0 bridgehead atoms. The van der Waals surface area contributed by atoms with E-state index >= 15 is 0 Å². The number of carbonyl (C=O) groups excluding carboxylic acids is 1. The van der Waals surface area contributed by atoms with Gasteiger partial charge >= 0.3 is 0 Å². The Bertz CT molecular complexity index is 540. The Balaban J connectivity index is 2.17. The fraction of sp³-hybridized carbons (Fsp3) is 0.200. The predicted molar refractivity (Wildman–Crippen MR) is 61.2 cm³/mol. The van der Waals surface area contributed by atoms with Gasteiger partial charge < -0.3 is 9.15 Å². The second-order valence-corrected chi connectivity index (χ2v) is 4.06. The van der Waals surface area contributed by atoms with Crippen LogP contribution in [-0.4, -0.2) is 29.0 Å². The maximum absolute atomic E-state index is 10.8. The van der Waals surface area contributed by atoms with Gasteiger partial charge in [-0.3, -0.25) is 10.0 Å². The van der Waals surface area contributed by atoms with Crippen molar-refractivity contribution < 1.29 is 19.2 Å². The van der Waals surface area contributed by atoms with Crippen molar-refractivity contribution in [2.75, 3.05) is 12.9 Å². The lowest BCUT2D eigenvalue weighted by atomic mass is 10.3. The van der Waals surface area contributed by atoms with Gasteiger partial charge in [-0.2, -0.15) is 0 Å². The number of benzene rings is 1. The highest BCUT2D eigenvalue weighted by molar-refractivity contribution is 7.99. The Morgan fingerprint density at radius 3 is 3.18 bits per heavy atom. The first-order valence-electron chi connectivity index (χ1n) is 4.73. The van der Waals surface area contributed by atoms with Crippen LogP contribution in [0, 0.1) is 0 Å². The van der Waals surface area contributed by atoms with E-state index in [0.717, 1.165) is 11.8 Å². The summed E-state index contributed by atoms with van der Waals surface area (Å²) in [6, 6.07) is 5.26. The molecule has 0 spiro atoms. The molecular weight excluding hydrogens is 244 g/mol. The first-order valence-corrected chi connectivity index (χ1v) is 5.72. The van der Waals surface area contributed by atoms with Crippen LogP contribution in [0.4, 0.5) is 0 Å². The molecule has 1 amide bonds. The number of methoxy groups -OCH3 is 1. The summed E-state index contributed by atoms with van der Waals surface area (Å²) in [6.07, 6.45) is 0. The van der Waals surface area contributed by atoms with Gasteiger partial charge in [0.2, 0.25) is 0 Å². The maximum Gasteiger partial charge on any atom is 0.257 e. The van der Waals surface area contributed by atoms with Gasteiger partial charge in [0.05, 0.1) is 12.9 Å². The molecule has 1 aromatic heterocycles. The van der Waals surface area contributed by atoms with Gasteiger partial charge in [-0.05, 0) is 12.1 Å². The number of amides is 1. The standard InChI is InChI=1S/C10H10N2O4S/c1-15-6-2-3-8-7(4-6)11-10(16-8)17-5-9(13)12-14/h2-4,14H,5H2,1H3,(H,12,13). The molecule has 0 unspecified atom stereocenters. The normalized spacial score (nSPS) is 10.5. The first-order chi connectivity index (χ1) is 8.22. The van der Waals surface area contributed by atoms with Crippen LogP contribution >= 0.6 is 11.8 Å². The van der Waals surface area contributed by atoms with Crippen LogP contribution in [0.5, 0.6) is 5.75 Å². The topological polar surface area (TPSA) is 84.6 Å². The zero-order valence-corrected chi connectivity index (χ0v) is 9.78. The number of thioether (sulfide) groups is 1. The number of oxazole rings is 1. The van der Waals surface area contributed by atoms with Gasteiger partial charge in [0, 0.05) is 6.07 Å². The zero-order chi connectivity index (χ0) is 12.3. The molecule has 1 aromatic carbocycles. The summed E-state index contributed by atoms with van der Waals surface area (Å²) in [5, 5.41) is 8.71. The number of fused-ring (bicyclic) bond motifs is 1. The van der Waals surface area contributed by atoms with Crippen LogP contribution in [0.15, 0.2) is 27.8 Å². The molecule has 7 heteroatoms. The van der Waals surface area contributed by atoms with E-state index in [-0.39, 0.29) is 5.75 Å². The summed E-state index contributed by atoms with van der Waals surface area (Å²) in [6.45, 7) is 0. The van der Waals surface area contributed by atoms with E-state index in [9.17, 15) is 4.79 Å². The molecule has 17 heavy (non-hydrogen) atoms. The fourth-order valence-electron chi connectivity index (χ4n) is 1.23. The summed E-state index contributed by atoms with van der Waals surface area (Å²) in [7, 11) is 1.57. The van der Waals surface area contributed by atoms with Crippen molar-refractivity contribution in [1.29, 1.82) is 0 Å². The first kappa shape index (κ1) is 11.7. The zero-order valence-electron chi connectivity index (χ0n) is 8.97. The molecule has 90 valence electrons. The summed E-state index contributed by atoms with van der Waals surface area (Å²) < 4.78 is 10.5. The van der Waals surface area contributed by atoms with Crippen molar-refractivity contribution in [3.05, 3.63) is 18.2 Å². The van der Waals surface area contributed by atoms with E-state index in [4.69, 9.17) is 14.4 Å². The van der Waals surface area contributed by atoms with Gasteiger partial charge in [0.25, 0.3) is 11.1 Å². The highest BCUT2D eigenvalue weighted by Gasteiger charge is 2.09. The molecule has 0 saturated carbocycles. The van der Waals surface area contributed by atoms with E-state index in [2.05, 4.69) is 4.98 Å². The van der Waals surface area contributed by atoms with Crippen molar-refractivity contribution in [2.24, 2.45) is 0 Å². The predicted octanol–water partition coefficient (Wildman–Crippen LogP) is 1.43. The van der Waals surface area contributed by atoms with Crippen LogP contribution < -0.4 is 10.2 Å². The molecule has 0 aliphatic carbocycles. The lowest BCUT2D eigenvalue weighted by Gasteiger charge is -1.95. The minimum absolute atomic E-state index is 0.0421. The van der Waals surface area contributed by atoms with Crippen molar-refractivity contribution >= 4 is 28.8 Å². The molecule has 2 aromatic rings. The molecule has 0 aliphatic rings. The van der Waals surface area contributed by atoms with E-state index in [1.807, 2.05) is 0 Å². The average molecular weight is 254 g/mol. The molecule has 0 atom stereocenters. The van der Waals surface area contributed by atoms with Gasteiger partial charge in [0.15, 0.2) is 5.58 Å². The summed E-state index contributed by atoms with van der Waals surface area (Å²) >= 11 is 1.10. The van der Waals surface area contributed by atoms with Crippen molar-refractivity contribution in [3.8, 4) is 5.75 Å². The Morgan fingerprint density at radius 1 is 1.65 bits per heavy atom. The van der Waals surface area contributed by atoms with Gasteiger partial charge in [-0.1, -0.05) is 11.8 Å². The lowest BCUT2D eigenvalue weighted by molar-refractivity contribution is -0.126. The number of carbonyl (C=O) groups is 1. The smallest absolute Gasteiger partial charge is 0.257 e. The Morgan fingerprint density at radius 2 is 2.47 bits per heavy atom. The minimum Gasteiger partial charge on any atom is -0.497 e. The maximum atomic E-state index is 10.8. The molecule has 0 radical (unpaired) electrons. The summed E-state index contributed by atoms with van der Waals surface area (Å²) in [5.41, 5.74) is 2.82. The highest BCUT2D eigenvalue weighted by Crippen LogP contribution is 2.26. The molecule has 1 heterocycles. The number of rotatable bonds is 4. The average Bonchev–Trinajstić information content (AvgIpc) is 2.77. The number of aromatic nitrogens is 1. The monoisotopic (exact) mass is 254 g/mol. The van der Waals surface area contributed by atoms with Crippen LogP contribution in [0.2, 0.25) is 0 Å². The van der Waals surface area contributed by atoms with Crippen molar-refractivity contribution in [3.63, 3.8) is 0 Å². The number of nitrogens with one attached hydrogen (secondary N) is 1. The SMILES string of the molecule is COc1ccc2oc(SCC(=O)NO)nc2c1. The third-order valence-corrected chi connectivity index (χ3v) is 2.85. The van der Waals surface area contributed by atoms with Crippen LogP contribution in [-0.2, 0) is 4.79 Å². The van der Waals surface area contributed by atoms with E-state index in [1.54, 1.807) is 25.3 Å². The number of hydrogen-bond acceptors (Lipinski definition) is 6. The highest BCUT2D eigenvalue weighted by atomic mass is 32.2. The summed E-state index contributed by atoms with van der Waals surface area (Å²) in [4.78, 5) is 15.0. The lowest BCUT2D eigenvalue weighted by Crippen LogP contribution is -2.20. The molecule has 0 fully saturated rings. The van der Waals surface area contributed by atoms with E-state index < -0.39 is 5.91 Å². The largest absolute Gasteiger partial charge is 0.497 e. The van der Waals surface area contributed by atoms with Crippen molar-refractivity contribution in [1.82, 2.24) is 10.5 Å². The van der Waals surface area contributed by atoms with Gasteiger partial charge in [-0.25, -0.2) is 10.5 Å². The van der Waals surface area contributed by atoms with Crippen LogP contribution in [0.3, 0.4) is 0 Å². The van der Waals surface area contributed by atoms with E-state index in [0.29, 0.717) is 22.1 Å². The molecular formula is C10H10N2O4S. The van der Waals surface area contributed by atoms with Gasteiger partial charge in [-0.15, -0.1) is 0 Å². The molecule has 6 nitrogen and oxygen atoms in total. The minimum atomic E-state index is -0.505. The number of nitrogens with zero attached hydrogens (tertiary/aromatic N) is 1. The second kappa shape index (κ2) is 5.07. The van der Waals surface area contributed by atoms with E-state index in [1.165, 1.54) is 5.48 Å². The molecule has 2 rings (SSSR count). The third-order valence-electron chi connectivity index (χ3n) is 2.03. The van der Waals surface area contributed by atoms with Crippen molar-refractivity contribution in [2.45, 2.75) is 5.22 Å². The quantitative estimate of drug-likeness (QED) is 0.488. The Labute approximate surface area is 101 Å². The Hall–Kier alpha value is -1.73. The molecule has 0 aliphatic heterocycles. The summed E-state index contributed by atoms with van der Waals surface area (Å²) in [5.74, 6) is 0.228. The second-order valence-electron chi connectivity index (χ2n) is 3.14. The number of hydrogen-bond donors (Lipinski definition) is 2. The fourth-order valence-corrected chi connectivity index (χ4v) is 1.87. The molecule has 0 saturated heterocycles. The Kier molecular flexibility index (Phi) is 3.50. The number of hydroxylamine groups is 1. The van der Waals surface area contributed by atoms with Crippen LogP contribution in [0.25, 0.3) is 11.1 Å². The van der Waals surface area contributed by atoms with Gasteiger partial charge in [0.1, 0.15) is 11.3 Å².